The fraction of sp³-hybridized carbons (Fsp3) is 0.583. The molecule has 1 saturated heterocycles. The first-order valence-electron chi connectivity index (χ1n) is 6.31. The summed E-state index contributed by atoms with van der Waals surface area (Å²) in [5, 5.41) is 8.98. The van der Waals surface area contributed by atoms with Crippen molar-refractivity contribution in [2.45, 2.75) is 50.1 Å². The molecule has 2 heterocycles. The highest BCUT2D eigenvalue weighted by molar-refractivity contribution is 9.11. The van der Waals surface area contributed by atoms with Crippen LogP contribution in [0.4, 0.5) is 0 Å². The van der Waals surface area contributed by atoms with E-state index in [1.165, 1.54) is 10.4 Å². The minimum atomic E-state index is -3.67. The predicted octanol–water partition coefficient (Wildman–Crippen LogP) is 3.16. The third kappa shape index (κ3) is 2.79. The molecule has 1 aromatic heterocycles. The molecule has 8 heteroatoms. The second-order valence-electron chi connectivity index (χ2n) is 5.02. The summed E-state index contributed by atoms with van der Waals surface area (Å²) in [4.78, 5) is 11.1. The minimum absolute atomic E-state index is 0.0211. The van der Waals surface area contributed by atoms with Gasteiger partial charge in [-0.1, -0.05) is 6.42 Å². The number of carbonyl (C=O) groups is 1. The predicted molar refractivity (Wildman–Crippen MR) is 80.8 cm³/mol. The Hall–Kier alpha value is -0.440. The lowest BCUT2D eigenvalue weighted by Crippen LogP contribution is -2.47. The van der Waals surface area contributed by atoms with Crippen LogP contribution in [0.25, 0.3) is 0 Å². The van der Waals surface area contributed by atoms with E-state index in [1.807, 2.05) is 13.8 Å². The first-order chi connectivity index (χ1) is 9.25. The van der Waals surface area contributed by atoms with Gasteiger partial charge < -0.3 is 5.11 Å². The standard InChI is InChI=1S/C12H16BrNO4S2/c1-7-4-3-5-8(2)14(7)20(17,18)10-6-9(12(15)16)19-11(10)13/h6-8H,3-5H2,1-2H3,(H,15,16). The summed E-state index contributed by atoms with van der Waals surface area (Å²) < 4.78 is 27.4. The number of sulfonamides is 1. The van der Waals surface area contributed by atoms with Gasteiger partial charge in [0.2, 0.25) is 10.0 Å². The van der Waals surface area contributed by atoms with Gasteiger partial charge in [-0.05, 0) is 48.7 Å². The number of hydrogen-bond donors (Lipinski definition) is 1. The van der Waals surface area contributed by atoms with Crippen LogP contribution < -0.4 is 0 Å². The van der Waals surface area contributed by atoms with Gasteiger partial charge in [-0.3, -0.25) is 0 Å². The Kier molecular flexibility index (Phi) is 4.58. The van der Waals surface area contributed by atoms with Crippen molar-refractivity contribution in [3.05, 3.63) is 14.7 Å². The van der Waals surface area contributed by atoms with Crippen LogP contribution in [-0.2, 0) is 10.0 Å². The zero-order valence-corrected chi connectivity index (χ0v) is 14.4. The van der Waals surface area contributed by atoms with E-state index >= 15 is 0 Å². The smallest absolute Gasteiger partial charge is 0.345 e. The Balaban J connectivity index is 2.46. The quantitative estimate of drug-likeness (QED) is 0.872. The van der Waals surface area contributed by atoms with Gasteiger partial charge in [0.15, 0.2) is 0 Å². The van der Waals surface area contributed by atoms with E-state index in [4.69, 9.17) is 5.11 Å². The van der Waals surface area contributed by atoms with Gasteiger partial charge in [-0.25, -0.2) is 13.2 Å². The Bertz CT molecular complexity index is 615. The zero-order chi connectivity index (χ0) is 15.1. The SMILES string of the molecule is CC1CCCC(C)N1S(=O)(=O)c1cc(C(=O)O)sc1Br. The number of carboxylic acids is 1. The maximum absolute atomic E-state index is 12.8. The summed E-state index contributed by atoms with van der Waals surface area (Å²) in [6, 6.07) is 1.10. The molecule has 1 N–H and O–H groups in total. The molecule has 5 nitrogen and oxygen atoms in total. The fourth-order valence-electron chi connectivity index (χ4n) is 2.62. The monoisotopic (exact) mass is 381 g/mol. The molecule has 1 aromatic rings. The summed E-state index contributed by atoms with van der Waals surface area (Å²) in [6.45, 7) is 3.79. The lowest BCUT2D eigenvalue weighted by atomic mass is 10.0. The number of thiophene rings is 1. The van der Waals surface area contributed by atoms with Crippen LogP contribution in [0.3, 0.4) is 0 Å². The van der Waals surface area contributed by atoms with E-state index < -0.39 is 16.0 Å². The average molecular weight is 382 g/mol. The summed E-state index contributed by atoms with van der Waals surface area (Å²) in [6.07, 6.45) is 2.67. The van der Waals surface area contributed by atoms with Crippen LogP contribution in [0.5, 0.6) is 0 Å². The average Bonchev–Trinajstić information content (AvgIpc) is 2.71. The first-order valence-corrected chi connectivity index (χ1v) is 9.36. The highest BCUT2D eigenvalue weighted by Crippen LogP contribution is 2.37. The number of halogens is 1. The van der Waals surface area contributed by atoms with Crippen molar-refractivity contribution in [2.24, 2.45) is 0 Å². The Morgan fingerprint density at radius 2 is 1.95 bits per heavy atom. The Labute approximate surface area is 130 Å². The van der Waals surface area contributed by atoms with E-state index in [1.54, 1.807) is 0 Å². The van der Waals surface area contributed by atoms with Gasteiger partial charge in [0, 0.05) is 12.1 Å². The lowest BCUT2D eigenvalue weighted by Gasteiger charge is -2.37. The Morgan fingerprint density at radius 1 is 1.40 bits per heavy atom. The van der Waals surface area contributed by atoms with Crippen molar-refractivity contribution in [3.63, 3.8) is 0 Å². The van der Waals surface area contributed by atoms with Gasteiger partial charge in [0.05, 0.1) is 3.79 Å². The summed E-state index contributed by atoms with van der Waals surface area (Å²) in [5.41, 5.74) is 0. The number of hydrogen-bond acceptors (Lipinski definition) is 4. The van der Waals surface area contributed by atoms with Crippen molar-refractivity contribution in [1.29, 1.82) is 0 Å². The maximum Gasteiger partial charge on any atom is 0.345 e. The topological polar surface area (TPSA) is 74.7 Å². The molecule has 0 radical (unpaired) electrons. The molecule has 112 valence electrons. The fourth-order valence-corrected chi connectivity index (χ4v) is 6.86. The van der Waals surface area contributed by atoms with Gasteiger partial charge in [0.25, 0.3) is 0 Å². The van der Waals surface area contributed by atoms with Crippen molar-refractivity contribution in [2.75, 3.05) is 0 Å². The van der Waals surface area contributed by atoms with Crippen molar-refractivity contribution < 1.29 is 18.3 Å². The third-order valence-corrected chi connectivity index (χ3v) is 7.90. The number of carboxylic acid groups (broad SMARTS) is 1. The highest BCUT2D eigenvalue weighted by atomic mass is 79.9. The molecule has 2 rings (SSSR count). The van der Waals surface area contributed by atoms with Crippen molar-refractivity contribution in [3.8, 4) is 0 Å². The van der Waals surface area contributed by atoms with Crippen LogP contribution >= 0.6 is 27.3 Å². The number of nitrogens with zero attached hydrogens (tertiary/aromatic N) is 1. The minimum Gasteiger partial charge on any atom is -0.477 e. The molecule has 0 saturated carbocycles. The molecular weight excluding hydrogens is 366 g/mol. The Morgan fingerprint density at radius 3 is 2.40 bits per heavy atom. The molecule has 0 spiro atoms. The lowest BCUT2D eigenvalue weighted by molar-refractivity contribution is 0.0702. The first kappa shape index (κ1) is 15.9. The molecule has 0 aliphatic carbocycles. The van der Waals surface area contributed by atoms with Crippen molar-refractivity contribution in [1.82, 2.24) is 4.31 Å². The van der Waals surface area contributed by atoms with Crippen LogP contribution in [0.15, 0.2) is 14.7 Å². The van der Waals surface area contributed by atoms with E-state index in [0.29, 0.717) is 3.79 Å². The second kappa shape index (κ2) is 5.75. The van der Waals surface area contributed by atoms with Gasteiger partial charge in [-0.2, -0.15) is 4.31 Å². The van der Waals surface area contributed by atoms with E-state index in [9.17, 15) is 13.2 Å². The van der Waals surface area contributed by atoms with E-state index in [-0.39, 0.29) is 21.9 Å². The molecule has 0 aromatic carbocycles. The normalized spacial score (nSPS) is 24.8. The van der Waals surface area contributed by atoms with E-state index in [2.05, 4.69) is 15.9 Å². The van der Waals surface area contributed by atoms with Gasteiger partial charge >= 0.3 is 5.97 Å². The van der Waals surface area contributed by atoms with Crippen LogP contribution in [-0.4, -0.2) is 35.9 Å². The van der Waals surface area contributed by atoms with Gasteiger partial charge in [0.1, 0.15) is 9.77 Å². The molecule has 0 amide bonds. The molecule has 0 bridgehead atoms. The largest absolute Gasteiger partial charge is 0.477 e. The molecular formula is C12H16BrNO4S2. The third-order valence-electron chi connectivity index (χ3n) is 3.53. The van der Waals surface area contributed by atoms with Crippen LogP contribution in [0.1, 0.15) is 42.8 Å². The zero-order valence-electron chi connectivity index (χ0n) is 11.2. The molecule has 20 heavy (non-hydrogen) atoms. The summed E-state index contributed by atoms with van der Waals surface area (Å²) in [5.74, 6) is -1.11. The maximum atomic E-state index is 12.8. The molecule has 1 aliphatic heterocycles. The summed E-state index contributed by atoms with van der Waals surface area (Å²) >= 11 is 4.10. The summed E-state index contributed by atoms with van der Waals surface area (Å²) in [7, 11) is -3.67. The number of piperidine rings is 1. The molecule has 2 atom stereocenters. The molecule has 2 unspecified atom stereocenters. The van der Waals surface area contributed by atoms with Gasteiger partial charge in [-0.15, -0.1) is 11.3 Å². The van der Waals surface area contributed by atoms with E-state index in [0.717, 1.165) is 30.6 Å². The molecule has 1 fully saturated rings. The van der Waals surface area contributed by atoms with Crippen molar-refractivity contribution >= 4 is 43.3 Å². The van der Waals surface area contributed by atoms with Crippen LogP contribution in [0.2, 0.25) is 0 Å². The second-order valence-corrected chi connectivity index (χ2v) is 9.20. The highest BCUT2D eigenvalue weighted by Gasteiger charge is 2.37. The van der Waals surface area contributed by atoms with Crippen LogP contribution in [0, 0.1) is 0 Å². The number of aromatic carboxylic acids is 1. The number of rotatable bonds is 3. The molecule has 1 aliphatic rings.